The molecule has 0 spiro atoms. The zero-order chi connectivity index (χ0) is 38.0. The molecular weight excluding hydrogens is 653 g/mol. The molecule has 53 heavy (non-hydrogen) atoms. The Hall–Kier alpha value is -2.56. The molecule has 0 aliphatic heterocycles. The van der Waals surface area contributed by atoms with Crippen LogP contribution < -0.4 is 19.4 Å². The molecule has 1 atom stereocenters. The van der Waals surface area contributed by atoms with Crippen molar-refractivity contribution in [2.24, 2.45) is 7.05 Å². The smallest absolute Gasteiger partial charge is 0.261 e. The van der Waals surface area contributed by atoms with Gasteiger partial charge in [0.25, 0.3) is 5.91 Å². The molecule has 1 aromatic carbocycles. The zero-order valence-electron chi connectivity index (χ0n) is 35.2. The van der Waals surface area contributed by atoms with Gasteiger partial charge in [-0.25, -0.2) is 4.57 Å². The van der Waals surface area contributed by atoms with Crippen molar-refractivity contribution in [2.45, 2.75) is 220 Å². The van der Waals surface area contributed by atoms with Gasteiger partial charge in [0.15, 0.2) is 18.0 Å². The second-order valence-electron chi connectivity index (χ2n) is 15.9. The molecule has 302 valence electrons. The predicted molar refractivity (Wildman–Crippen MR) is 226 cm³/mol. The first kappa shape index (κ1) is 46.6. The van der Waals surface area contributed by atoms with Crippen molar-refractivity contribution in [1.82, 2.24) is 5.32 Å². The summed E-state index contributed by atoms with van der Waals surface area (Å²) in [5.74, 6) is 1.61. The number of unbranched alkanes of at least 4 members (excludes halogenated alkanes) is 26. The SMILES string of the molecule is CCCCCCCCCCCCCCCCOc1ccc(OC(CCCCCCCCCCCCCCCC)C(=O)NCc2cccc[n+]2C)c(C)c1. The summed E-state index contributed by atoms with van der Waals surface area (Å²) in [6, 6.07) is 12.1. The van der Waals surface area contributed by atoms with Gasteiger partial charge in [0.05, 0.1) is 6.61 Å². The normalized spacial score (nSPS) is 11.8. The van der Waals surface area contributed by atoms with E-state index in [1.54, 1.807) is 0 Å². The number of hydrogen-bond donors (Lipinski definition) is 1. The van der Waals surface area contributed by atoms with E-state index in [1.807, 2.05) is 48.1 Å². The number of nitrogens with one attached hydrogen (secondary N) is 1. The number of ether oxygens (including phenoxy) is 2. The van der Waals surface area contributed by atoms with E-state index in [-0.39, 0.29) is 5.91 Å². The highest BCUT2D eigenvalue weighted by atomic mass is 16.5. The minimum Gasteiger partial charge on any atom is -0.494 e. The Morgan fingerprint density at radius 2 is 1.09 bits per heavy atom. The maximum atomic E-state index is 13.5. The van der Waals surface area contributed by atoms with Crippen molar-refractivity contribution in [3.05, 3.63) is 53.9 Å². The molecule has 0 aliphatic rings. The van der Waals surface area contributed by atoms with E-state index in [9.17, 15) is 4.79 Å². The van der Waals surface area contributed by atoms with E-state index in [2.05, 4.69) is 32.2 Å². The number of pyridine rings is 1. The number of carbonyl (C=O) groups is 1. The second kappa shape index (κ2) is 32.8. The third-order valence-corrected chi connectivity index (χ3v) is 10.9. The first-order valence-electron chi connectivity index (χ1n) is 22.7. The summed E-state index contributed by atoms with van der Waals surface area (Å²) < 4.78 is 14.6. The molecular formula is C48H83N2O3+. The standard InChI is InChI=1S/C48H82N2O3/c1-5-7-9-11-13-15-17-19-21-23-25-27-29-31-36-47(48(51)49-42-44-35-32-33-39-50(44)4)53-46-38-37-45(41-43(46)3)52-40-34-30-28-26-24-22-20-18-16-14-12-10-8-6-2/h32-33,35,37-39,41,47H,5-31,34,36,40,42H2,1-4H3/p+1. The van der Waals surface area contributed by atoms with E-state index < -0.39 is 6.10 Å². The van der Waals surface area contributed by atoms with Gasteiger partial charge in [-0.1, -0.05) is 187 Å². The predicted octanol–water partition coefficient (Wildman–Crippen LogP) is 13.6. The summed E-state index contributed by atoms with van der Waals surface area (Å²) in [5, 5.41) is 3.15. The number of aryl methyl sites for hydroxylation is 2. The van der Waals surface area contributed by atoms with Gasteiger partial charge >= 0.3 is 0 Å². The minimum absolute atomic E-state index is 0.0407. The summed E-state index contributed by atoms with van der Waals surface area (Å²) in [7, 11) is 2.01. The van der Waals surface area contributed by atoms with Gasteiger partial charge in [0.2, 0.25) is 0 Å². The molecule has 0 radical (unpaired) electrons. The van der Waals surface area contributed by atoms with Gasteiger partial charge in [0.1, 0.15) is 25.1 Å². The minimum atomic E-state index is -0.512. The Morgan fingerprint density at radius 1 is 0.623 bits per heavy atom. The molecule has 5 heteroatoms. The fourth-order valence-corrected chi connectivity index (χ4v) is 7.29. The molecule has 1 amide bonds. The Labute approximate surface area is 327 Å². The zero-order valence-corrected chi connectivity index (χ0v) is 35.2. The summed E-state index contributed by atoms with van der Waals surface area (Å²) in [4.78, 5) is 13.5. The molecule has 1 heterocycles. The maximum Gasteiger partial charge on any atom is 0.261 e. The van der Waals surface area contributed by atoms with Gasteiger partial charge in [0, 0.05) is 12.1 Å². The van der Waals surface area contributed by atoms with Crippen molar-refractivity contribution in [2.75, 3.05) is 6.61 Å². The van der Waals surface area contributed by atoms with Crippen LogP contribution in [-0.4, -0.2) is 18.6 Å². The van der Waals surface area contributed by atoms with Crippen LogP contribution in [0.15, 0.2) is 42.6 Å². The van der Waals surface area contributed by atoms with Crippen LogP contribution in [0, 0.1) is 6.92 Å². The molecule has 0 bridgehead atoms. The number of carbonyl (C=O) groups excluding carboxylic acids is 1. The number of rotatable bonds is 36. The third kappa shape index (κ3) is 24.5. The molecule has 0 saturated carbocycles. The lowest BCUT2D eigenvalue weighted by atomic mass is 10.0. The molecule has 5 nitrogen and oxygen atoms in total. The van der Waals surface area contributed by atoms with Gasteiger partial charge in [-0.05, 0) is 49.9 Å². The largest absolute Gasteiger partial charge is 0.494 e. The van der Waals surface area contributed by atoms with E-state index in [1.165, 1.54) is 161 Å². The average molecular weight is 736 g/mol. The monoisotopic (exact) mass is 736 g/mol. The Bertz CT molecular complexity index is 1150. The van der Waals surface area contributed by atoms with Crippen LogP contribution in [0.5, 0.6) is 11.5 Å². The van der Waals surface area contributed by atoms with E-state index in [0.717, 1.165) is 55.0 Å². The van der Waals surface area contributed by atoms with Crippen molar-refractivity contribution < 1.29 is 18.8 Å². The lowest BCUT2D eigenvalue weighted by molar-refractivity contribution is -0.679. The van der Waals surface area contributed by atoms with Crippen molar-refractivity contribution >= 4 is 5.91 Å². The van der Waals surface area contributed by atoms with Crippen LogP contribution in [0.4, 0.5) is 0 Å². The Balaban J connectivity index is 1.68. The maximum absolute atomic E-state index is 13.5. The highest BCUT2D eigenvalue weighted by Crippen LogP contribution is 2.26. The van der Waals surface area contributed by atoms with Crippen molar-refractivity contribution in [3.8, 4) is 11.5 Å². The first-order valence-corrected chi connectivity index (χ1v) is 22.7. The summed E-state index contributed by atoms with van der Waals surface area (Å²) in [6.45, 7) is 7.86. The summed E-state index contributed by atoms with van der Waals surface area (Å²) in [6.07, 6.45) is 39.8. The third-order valence-electron chi connectivity index (χ3n) is 10.9. The van der Waals surface area contributed by atoms with Crippen LogP contribution in [0.2, 0.25) is 0 Å². The van der Waals surface area contributed by atoms with Gasteiger partial charge in [-0.15, -0.1) is 0 Å². The van der Waals surface area contributed by atoms with E-state index in [4.69, 9.17) is 9.47 Å². The Morgan fingerprint density at radius 3 is 1.57 bits per heavy atom. The van der Waals surface area contributed by atoms with Crippen LogP contribution in [0.1, 0.15) is 211 Å². The summed E-state index contributed by atoms with van der Waals surface area (Å²) in [5.41, 5.74) is 2.07. The highest BCUT2D eigenvalue weighted by molar-refractivity contribution is 5.81. The van der Waals surface area contributed by atoms with Crippen LogP contribution in [-0.2, 0) is 18.4 Å². The number of amides is 1. The molecule has 0 saturated heterocycles. The lowest BCUT2D eigenvalue weighted by Crippen LogP contribution is -2.42. The van der Waals surface area contributed by atoms with Gasteiger partial charge in [-0.2, -0.15) is 0 Å². The van der Waals surface area contributed by atoms with Crippen molar-refractivity contribution in [1.29, 1.82) is 0 Å². The molecule has 2 rings (SSSR count). The van der Waals surface area contributed by atoms with E-state index >= 15 is 0 Å². The number of benzene rings is 1. The molecule has 2 aromatic rings. The molecule has 1 unspecified atom stereocenters. The topological polar surface area (TPSA) is 51.4 Å². The van der Waals surface area contributed by atoms with Crippen molar-refractivity contribution in [3.63, 3.8) is 0 Å². The molecule has 1 N–H and O–H groups in total. The summed E-state index contributed by atoms with van der Waals surface area (Å²) >= 11 is 0. The van der Waals surface area contributed by atoms with E-state index in [0.29, 0.717) is 6.54 Å². The number of hydrogen-bond acceptors (Lipinski definition) is 3. The van der Waals surface area contributed by atoms with Crippen LogP contribution >= 0.6 is 0 Å². The van der Waals surface area contributed by atoms with Gasteiger partial charge < -0.3 is 14.8 Å². The van der Waals surface area contributed by atoms with Gasteiger partial charge in [-0.3, -0.25) is 4.79 Å². The molecule has 0 fully saturated rings. The highest BCUT2D eigenvalue weighted by Gasteiger charge is 2.22. The second-order valence-corrected chi connectivity index (χ2v) is 15.9. The quantitative estimate of drug-likeness (QED) is 0.0560. The lowest BCUT2D eigenvalue weighted by Gasteiger charge is -2.20. The fraction of sp³-hybridized carbons (Fsp3) is 0.750. The van der Waals surface area contributed by atoms with Crippen LogP contribution in [0.3, 0.4) is 0 Å². The number of aromatic nitrogens is 1. The molecule has 1 aromatic heterocycles. The molecule has 0 aliphatic carbocycles. The fourth-order valence-electron chi connectivity index (χ4n) is 7.29. The van der Waals surface area contributed by atoms with Crippen LogP contribution in [0.25, 0.3) is 0 Å². The average Bonchev–Trinajstić information content (AvgIpc) is 3.16. The Kier molecular flexibility index (Phi) is 28.9. The number of nitrogens with zero attached hydrogens (tertiary/aromatic N) is 1. The first-order chi connectivity index (χ1) is 26.0.